The van der Waals surface area contributed by atoms with E-state index in [1.54, 1.807) is 7.11 Å². The highest BCUT2D eigenvalue weighted by Crippen LogP contribution is 2.20. The fourth-order valence-corrected chi connectivity index (χ4v) is 2.93. The zero-order valence-corrected chi connectivity index (χ0v) is 13.4. The number of ether oxygens (including phenoxy) is 1. The lowest BCUT2D eigenvalue weighted by Crippen LogP contribution is -2.35. The zero-order chi connectivity index (χ0) is 15.4. The number of benzene rings is 1. The average molecular weight is 290 g/mol. The van der Waals surface area contributed by atoms with E-state index in [1.165, 1.54) is 0 Å². The quantitative estimate of drug-likeness (QED) is 0.852. The van der Waals surface area contributed by atoms with Crippen LogP contribution in [0.15, 0.2) is 24.3 Å². The highest BCUT2D eigenvalue weighted by molar-refractivity contribution is 5.75. The second-order valence-electron chi connectivity index (χ2n) is 5.88. The molecule has 0 saturated carbocycles. The molecular weight excluding hydrogens is 264 g/mol. The van der Waals surface area contributed by atoms with E-state index in [4.69, 9.17) is 9.72 Å². The molecule has 0 fully saturated rings. The highest BCUT2D eigenvalue weighted by atomic mass is 16.5. The summed E-state index contributed by atoms with van der Waals surface area (Å²) in [5.41, 5.74) is 2.13. The van der Waals surface area contributed by atoms with Crippen molar-refractivity contribution in [1.82, 2.24) is 9.55 Å². The van der Waals surface area contributed by atoms with Crippen LogP contribution in [-0.4, -0.2) is 34.0 Å². The Kier molecular flexibility index (Phi) is 5.37. The van der Waals surface area contributed by atoms with Gasteiger partial charge in [-0.1, -0.05) is 32.9 Å². The molecule has 4 nitrogen and oxygen atoms in total. The number of aliphatic hydroxyl groups is 1. The first kappa shape index (κ1) is 16.0. The minimum Gasteiger partial charge on any atom is -0.390 e. The summed E-state index contributed by atoms with van der Waals surface area (Å²) < 4.78 is 7.65. The van der Waals surface area contributed by atoms with Gasteiger partial charge in [-0.25, -0.2) is 4.98 Å². The summed E-state index contributed by atoms with van der Waals surface area (Å²) in [7, 11) is 1.66. The molecule has 0 spiro atoms. The van der Waals surface area contributed by atoms with Crippen LogP contribution in [-0.2, 0) is 17.7 Å². The van der Waals surface area contributed by atoms with Gasteiger partial charge in [-0.2, -0.15) is 0 Å². The number of hydrogen-bond donors (Lipinski definition) is 1. The van der Waals surface area contributed by atoms with E-state index in [9.17, 15) is 5.11 Å². The Morgan fingerprint density at radius 3 is 2.62 bits per heavy atom. The maximum absolute atomic E-state index is 10.5. The summed E-state index contributed by atoms with van der Waals surface area (Å²) in [6.07, 6.45) is 0.856. The van der Waals surface area contributed by atoms with Gasteiger partial charge in [-0.15, -0.1) is 0 Å². The molecule has 1 N–H and O–H groups in total. The Labute approximate surface area is 126 Å². The van der Waals surface area contributed by atoms with Gasteiger partial charge >= 0.3 is 0 Å². The summed E-state index contributed by atoms with van der Waals surface area (Å²) in [5.74, 6) is 1.21. The number of aliphatic hydroxyl groups excluding tert-OH is 1. The van der Waals surface area contributed by atoms with E-state index in [-0.39, 0.29) is 12.0 Å². The van der Waals surface area contributed by atoms with Gasteiger partial charge < -0.3 is 14.4 Å². The molecule has 1 heterocycles. The lowest BCUT2D eigenvalue weighted by molar-refractivity contribution is -0.0378. The highest BCUT2D eigenvalue weighted by Gasteiger charge is 2.24. The Morgan fingerprint density at radius 1 is 1.29 bits per heavy atom. The second-order valence-corrected chi connectivity index (χ2v) is 5.88. The molecule has 2 aromatic rings. The number of para-hydroxylation sites is 2. The minimum atomic E-state index is -0.539. The van der Waals surface area contributed by atoms with Gasteiger partial charge in [0.15, 0.2) is 0 Å². The Bertz CT molecular complexity index is 577. The molecule has 2 rings (SSSR count). The molecule has 1 aromatic heterocycles. The van der Waals surface area contributed by atoms with Crippen molar-refractivity contribution in [2.75, 3.05) is 7.11 Å². The van der Waals surface area contributed by atoms with E-state index in [0.717, 1.165) is 29.8 Å². The van der Waals surface area contributed by atoms with Gasteiger partial charge in [0, 0.05) is 20.1 Å². The van der Waals surface area contributed by atoms with Gasteiger partial charge in [-0.05, 0) is 24.5 Å². The molecule has 2 unspecified atom stereocenters. The number of aromatic nitrogens is 2. The average Bonchev–Trinajstić information content (AvgIpc) is 2.77. The first-order valence-corrected chi connectivity index (χ1v) is 7.73. The number of methoxy groups -OCH3 is 1. The van der Waals surface area contributed by atoms with Crippen molar-refractivity contribution in [2.24, 2.45) is 5.92 Å². The van der Waals surface area contributed by atoms with Crippen LogP contribution in [0.5, 0.6) is 0 Å². The van der Waals surface area contributed by atoms with Gasteiger partial charge in [0.1, 0.15) is 5.82 Å². The zero-order valence-electron chi connectivity index (χ0n) is 13.4. The number of hydrogen-bond acceptors (Lipinski definition) is 3. The standard InChI is InChI=1S/C17H26N2O2/c1-5-10-19-14-9-7-6-8-13(14)18-16(19)11-15(20)17(21-4)12(2)3/h6-9,12,15,17,20H,5,10-11H2,1-4H3. The summed E-state index contributed by atoms with van der Waals surface area (Å²) in [4.78, 5) is 4.69. The van der Waals surface area contributed by atoms with E-state index in [2.05, 4.69) is 31.4 Å². The summed E-state index contributed by atoms with van der Waals surface area (Å²) in [6.45, 7) is 7.20. The Balaban J connectivity index is 2.30. The van der Waals surface area contributed by atoms with Crippen molar-refractivity contribution < 1.29 is 9.84 Å². The fraction of sp³-hybridized carbons (Fsp3) is 0.588. The van der Waals surface area contributed by atoms with Gasteiger partial charge in [0.2, 0.25) is 0 Å². The lowest BCUT2D eigenvalue weighted by Gasteiger charge is -2.25. The second kappa shape index (κ2) is 7.05. The molecule has 0 aliphatic rings. The van der Waals surface area contributed by atoms with Crippen LogP contribution in [0, 0.1) is 5.92 Å². The Morgan fingerprint density at radius 2 is 2.00 bits per heavy atom. The maximum Gasteiger partial charge on any atom is 0.112 e. The first-order chi connectivity index (χ1) is 10.1. The number of fused-ring (bicyclic) bond motifs is 1. The van der Waals surface area contributed by atoms with Crippen LogP contribution in [0.25, 0.3) is 11.0 Å². The largest absolute Gasteiger partial charge is 0.390 e. The molecular formula is C17H26N2O2. The minimum absolute atomic E-state index is 0.167. The Hall–Kier alpha value is -1.39. The third-order valence-electron chi connectivity index (χ3n) is 3.88. The van der Waals surface area contributed by atoms with Crippen LogP contribution in [0.2, 0.25) is 0 Å². The van der Waals surface area contributed by atoms with Crippen molar-refractivity contribution in [3.8, 4) is 0 Å². The number of imidazole rings is 1. The van der Waals surface area contributed by atoms with Crippen molar-refractivity contribution in [2.45, 2.75) is 52.4 Å². The van der Waals surface area contributed by atoms with E-state index >= 15 is 0 Å². The van der Waals surface area contributed by atoms with Crippen molar-refractivity contribution in [3.63, 3.8) is 0 Å². The SMILES string of the molecule is CCCn1c(CC(O)C(OC)C(C)C)nc2ccccc21. The fourth-order valence-electron chi connectivity index (χ4n) is 2.93. The normalized spacial score (nSPS) is 14.8. The number of aryl methyl sites for hydroxylation is 1. The van der Waals surface area contributed by atoms with Crippen molar-refractivity contribution in [3.05, 3.63) is 30.1 Å². The third-order valence-corrected chi connectivity index (χ3v) is 3.88. The van der Waals surface area contributed by atoms with Gasteiger partial charge in [0.05, 0.1) is 23.2 Å². The first-order valence-electron chi connectivity index (χ1n) is 7.73. The van der Waals surface area contributed by atoms with E-state index in [0.29, 0.717) is 6.42 Å². The molecule has 0 bridgehead atoms. The van der Waals surface area contributed by atoms with Crippen LogP contribution in [0.3, 0.4) is 0 Å². The topological polar surface area (TPSA) is 47.3 Å². The smallest absolute Gasteiger partial charge is 0.112 e. The van der Waals surface area contributed by atoms with Crippen LogP contribution in [0.1, 0.15) is 33.0 Å². The monoisotopic (exact) mass is 290 g/mol. The molecule has 0 aliphatic heterocycles. The molecule has 0 aliphatic carbocycles. The molecule has 0 radical (unpaired) electrons. The predicted molar refractivity (Wildman–Crippen MR) is 85.4 cm³/mol. The molecule has 1 aromatic carbocycles. The van der Waals surface area contributed by atoms with Crippen LogP contribution >= 0.6 is 0 Å². The van der Waals surface area contributed by atoms with Crippen molar-refractivity contribution >= 4 is 11.0 Å². The van der Waals surface area contributed by atoms with E-state index < -0.39 is 6.10 Å². The lowest BCUT2D eigenvalue weighted by atomic mass is 9.99. The number of rotatable bonds is 7. The summed E-state index contributed by atoms with van der Waals surface area (Å²) >= 11 is 0. The molecule has 0 saturated heterocycles. The van der Waals surface area contributed by atoms with Gasteiger partial charge in [-0.3, -0.25) is 0 Å². The summed E-state index contributed by atoms with van der Waals surface area (Å²) in [5, 5.41) is 10.5. The molecule has 0 amide bonds. The molecule has 21 heavy (non-hydrogen) atoms. The molecule has 116 valence electrons. The number of nitrogens with zero attached hydrogens (tertiary/aromatic N) is 2. The van der Waals surface area contributed by atoms with Crippen LogP contribution in [0.4, 0.5) is 0 Å². The third kappa shape index (κ3) is 3.44. The molecule has 2 atom stereocenters. The van der Waals surface area contributed by atoms with Crippen LogP contribution < -0.4 is 0 Å². The van der Waals surface area contributed by atoms with E-state index in [1.807, 2.05) is 18.2 Å². The van der Waals surface area contributed by atoms with Gasteiger partial charge in [0.25, 0.3) is 0 Å². The molecule has 4 heteroatoms. The maximum atomic E-state index is 10.5. The predicted octanol–water partition coefficient (Wildman–Crippen LogP) is 3.02. The summed E-state index contributed by atoms with van der Waals surface area (Å²) in [6, 6.07) is 8.14. The van der Waals surface area contributed by atoms with Crippen molar-refractivity contribution in [1.29, 1.82) is 0 Å².